The van der Waals surface area contributed by atoms with Gasteiger partial charge in [0.2, 0.25) is 0 Å². The van der Waals surface area contributed by atoms with E-state index < -0.39 is 0 Å². The van der Waals surface area contributed by atoms with Crippen LogP contribution >= 0.6 is 12.2 Å². The van der Waals surface area contributed by atoms with Crippen LogP contribution < -0.4 is 10.6 Å². The highest BCUT2D eigenvalue weighted by Gasteiger charge is 2.32. The number of rotatable bonds is 5. The Kier molecular flexibility index (Phi) is 3.92. The number of fused-ring (bicyclic) bond motifs is 1. The lowest BCUT2D eigenvalue weighted by atomic mass is 9.94. The molecule has 1 saturated carbocycles. The molecular weight excluding hydrogens is 266 g/mol. The molecule has 1 fully saturated rings. The summed E-state index contributed by atoms with van der Waals surface area (Å²) in [5, 5.41) is 0. The van der Waals surface area contributed by atoms with Gasteiger partial charge in [-0.1, -0.05) is 19.1 Å². The van der Waals surface area contributed by atoms with Gasteiger partial charge in [-0.2, -0.15) is 0 Å². The van der Waals surface area contributed by atoms with Crippen molar-refractivity contribution >= 4 is 23.0 Å². The first-order chi connectivity index (χ1) is 9.70. The molecule has 4 heteroatoms. The zero-order valence-electron chi connectivity index (χ0n) is 12.2. The Hall–Kier alpha value is -1.16. The number of nitrogens with zero attached hydrogens (tertiary/aromatic N) is 2. The summed E-state index contributed by atoms with van der Waals surface area (Å²) in [5.74, 6) is 1.04. The van der Waals surface area contributed by atoms with Crippen molar-refractivity contribution in [3.05, 3.63) is 22.9 Å². The van der Waals surface area contributed by atoms with Crippen LogP contribution in [0.2, 0.25) is 0 Å². The van der Waals surface area contributed by atoms with Crippen molar-refractivity contribution in [3.63, 3.8) is 0 Å². The Labute approximate surface area is 126 Å². The zero-order valence-corrected chi connectivity index (χ0v) is 13.0. The summed E-state index contributed by atoms with van der Waals surface area (Å²) in [7, 11) is 0. The predicted molar refractivity (Wildman–Crippen MR) is 87.4 cm³/mol. The average Bonchev–Trinajstić information content (AvgIpc) is 3.28. The molecule has 0 amide bonds. The van der Waals surface area contributed by atoms with E-state index in [-0.39, 0.29) is 0 Å². The van der Waals surface area contributed by atoms with Crippen LogP contribution in [0.4, 0.5) is 5.82 Å². The molecule has 0 aliphatic heterocycles. The van der Waals surface area contributed by atoms with Gasteiger partial charge in [0.05, 0.1) is 5.56 Å². The largest absolute Gasteiger partial charge is 0.389 e. The standard InChI is InChI=1S/C16H23N3S/c1-2-9-19(12-7-8-12)16-13(15(17)20)10-11-5-3-4-6-14(11)18-16/h10,12H,2-9H2,1H3,(H2,17,20). The normalized spacial score (nSPS) is 17.6. The molecule has 20 heavy (non-hydrogen) atoms. The highest BCUT2D eigenvalue weighted by atomic mass is 32.1. The maximum atomic E-state index is 5.97. The molecule has 0 atom stereocenters. The van der Waals surface area contributed by atoms with Gasteiger partial charge in [-0.15, -0.1) is 0 Å². The van der Waals surface area contributed by atoms with E-state index in [9.17, 15) is 0 Å². The molecule has 0 radical (unpaired) electrons. The fourth-order valence-corrected chi connectivity index (χ4v) is 3.26. The number of hydrogen-bond donors (Lipinski definition) is 1. The summed E-state index contributed by atoms with van der Waals surface area (Å²) in [4.78, 5) is 7.90. The van der Waals surface area contributed by atoms with Gasteiger partial charge in [0, 0.05) is 18.3 Å². The molecule has 0 spiro atoms. The molecule has 1 heterocycles. The molecule has 3 rings (SSSR count). The summed E-state index contributed by atoms with van der Waals surface area (Å²) in [6.45, 7) is 3.26. The van der Waals surface area contributed by atoms with E-state index in [1.165, 1.54) is 36.9 Å². The third-order valence-corrected chi connectivity index (χ3v) is 4.49. The fourth-order valence-electron chi connectivity index (χ4n) is 3.11. The van der Waals surface area contributed by atoms with Crippen LogP contribution in [0.5, 0.6) is 0 Å². The Bertz CT molecular complexity index is 523. The van der Waals surface area contributed by atoms with Crippen LogP contribution in [0.25, 0.3) is 0 Å². The van der Waals surface area contributed by atoms with Crippen LogP contribution in [0.15, 0.2) is 6.07 Å². The van der Waals surface area contributed by atoms with E-state index in [0.29, 0.717) is 11.0 Å². The van der Waals surface area contributed by atoms with E-state index in [2.05, 4.69) is 17.9 Å². The van der Waals surface area contributed by atoms with Crippen LogP contribution in [-0.2, 0) is 12.8 Å². The summed E-state index contributed by atoms with van der Waals surface area (Å²) >= 11 is 5.28. The Morgan fingerprint density at radius 2 is 2.15 bits per heavy atom. The van der Waals surface area contributed by atoms with E-state index in [1.54, 1.807) is 0 Å². The molecule has 0 saturated heterocycles. The first-order valence-electron chi connectivity index (χ1n) is 7.80. The summed E-state index contributed by atoms with van der Waals surface area (Å²) in [6, 6.07) is 2.86. The van der Waals surface area contributed by atoms with E-state index >= 15 is 0 Å². The number of hydrogen-bond acceptors (Lipinski definition) is 3. The smallest absolute Gasteiger partial charge is 0.139 e. The van der Waals surface area contributed by atoms with Crippen molar-refractivity contribution in [3.8, 4) is 0 Å². The van der Waals surface area contributed by atoms with Gasteiger partial charge in [0.1, 0.15) is 10.8 Å². The zero-order chi connectivity index (χ0) is 14.1. The minimum absolute atomic E-state index is 0.489. The van der Waals surface area contributed by atoms with Crippen molar-refractivity contribution in [2.75, 3.05) is 11.4 Å². The second-order valence-electron chi connectivity index (χ2n) is 5.96. The van der Waals surface area contributed by atoms with Gasteiger partial charge in [0.15, 0.2) is 0 Å². The van der Waals surface area contributed by atoms with Gasteiger partial charge < -0.3 is 10.6 Å². The summed E-state index contributed by atoms with van der Waals surface area (Å²) in [6.07, 6.45) is 8.41. The number of anilines is 1. The van der Waals surface area contributed by atoms with Gasteiger partial charge in [-0.25, -0.2) is 4.98 Å². The molecule has 0 aromatic carbocycles. The first-order valence-corrected chi connectivity index (χ1v) is 8.20. The Balaban J connectivity index is 2.04. The molecule has 1 aromatic rings. The summed E-state index contributed by atoms with van der Waals surface area (Å²) < 4.78 is 0. The summed E-state index contributed by atoms with van der Waals surface area (Å²) in [5.41, 5.74) is 9.58. The van der Waals surface area contributed by atoms with E-state index in [0.717, 1.165) is 37.2 Å². The minimum Gasteiger partial charge on any atom is -0.389 e. The van der Waals surface area contributed by atoms with Crippen molar-refractivity contribution in [2.24, 2.45) is 5.73 Å². The molecule has 0 unspecified atom stereocenters. The molecule has 2 aliphatic carbocycles. The van der Waals surface area contributed by atoms with Crippen LogP contribution in [-0.4, -0.2) is 22.6 Å². The Morgan fingerprint density at radius 3 is 2.80 bits per heavy atom. The van der Waals surface area contributed by atoms with Gasteiger partial charge in [-0.3, -0.25) is 0 Å². The quantitative estimate of drug-likeness (QED) is 0.846. The van der Waals surface area contributed by atoms with Crippen LogP contribution in [0, 0.1) is 0 Å². The highest BCUT2D eigenvalue weighted by Crippen LogP contribution is 2.34. The van der Waals surface area contributed by atoms with Crippen molar-refractivity contribution < 1.29 is 0 Å². The van der Waals surface area contributed by atoms with Crippen molar-refractivity contribution in [1.29, 1.82) is 0 Å². The minimum atomic E-state index is 0.489. The maximum Gasteiger partial charge on any atom is 0.139 e. The van der Waals surface area contributed by atoms with Crippen LogP contribution in [0.3, 0.4) is 0 Å². The Morgan fingerprint density at radius 1 is 1.40 bits per heavy atom. The lowest BCUT2D eigenvalue weighted by Gasteiger charge is -2.27. The molecule has 0 bridgehead atoms. The average molecular weight is 289 g/mol. The molecule has 2 N–H and O–H groups in total. The predicted octanol–water partition coefficient (Wildman–Crippen LogP) is 2.97. The molecule has 3 nitrogen and oxygen atoms in total. The van der Waals surface area contributed by atoms with E-state index in [4.69, 9.17) is 22.9 Å². The second-order valence-corrected chi connectivity index (χ2v) is 6.40. The van der Waals surface area contributed by atoms with Crippen molar-refractivity contribution in [2.45, 2.75) is 57.9 Å². The third-order valence-electron chi connectivity index (χ3n) is 4.27. The molecule has 2 aliphatic rings. The van der Waals surface area contributed by atoms with E-state index in [1.807, 2.05) is 0 Å². The molecular formula is C16H23N3S. The second kappa shape index (κ2) is 5.68. The van der Waals surface area contributed by atoms with Crippen LogP contribution in [0.1, 0.15) is 55.8 Å². The van der Waals surface area contributed by atoms with Gasteiger partial charge in [-0.05, 0) is 56.6 Å². The SMILES string of the molecule is CCCN(c1nc2c(cc1C(N)=S)CCCC2)C1CC1. The maximum absolute atomic E-state index is 5.97. The highest BCUT2D eigenvalue weighted by molar-refractivity contribution is 7.80. The number of aromatic nitrogens is 1. The van der Waals surface area contributed by atoms with Gasteiger partial charge in [0.25, 0.3) is 0 Å². The number of aryl methyl sites for hydroxylation is 2. The number of pyridine rings is 1. The third kappa shape index (κ3) is 2.66. The lowest BCUT2D eigenvalue weighted by Crippen LogP contribution is -2.31. The number of thiocarbonyl (C=S) groups is 1. The van der Waals surface area contributed by atoms with Gasteiger partial charge >= 0.3 is 0 Å². The molecule has 1 aromatic heterocycles. The number of nitrogens with two attached hydrogens (primary N) is 1. The first kappa shape index (κ1) is 13.8. The monoisotopic (exact) mass is 289 g/mol. The molecule has 108 valence electrons. The van der Waals surface area contributed by atoms with Crippen molar-refractivity contribution in [1.82, 2.24) is 4.98 Å². The topological polar surface area (TPSA) is 42.2 Å². The fraction of sp³-hybridized carbons (Fsp3) is 0.625. The lowest BCUT2D eigenvalue weighted by molar-refractivity contribution is 0.661.